The summed E-state index contributed by atoms with van der Waals surface area (Å²) in [5, 5.41) is 18.7. The second kappa shape index (κ2) is 8.44. The van der Waals surface area contributed by atoms with E-state index < -0.39 is 4.92 Å². The van der Waals surface area contributed by atoms with Crippen molar-refractivity contribution < 1.29 is 9.66 Å². The molecule has 0 aliphatic carbocycles. The van der Waals surface area contributed by atoms with Crippen molar-refractivity contribution in [3.8, 4) is 11.5 Å². The van der Waals surface area contributed by atoms with Crippen LogP contribution in [0.1, 0.15) is 18.4 Å². The van der Waals surface area contributed by atoms with Crippen LogP contribution in [-0.2, 0) is 13.0 Å². The first kappa shape index (κ1) is 17.9. The summed E-state index contributed by atoms with van der Waals surface area (Å²) < 4.78 is 7.52. The molecule has 2 aromatic carbocycles. The maximum atomic E-state index is 10.7. The highest BCUT2D eigenvalue weighted by atomic mass is 35.5. The standard InChI is InChI=1S/C18H17ClN4O3/c19-17-13-15(23(24)25)6-9-18(17)26-16-7-4-14(5-8-16)3-1-2-11-22-12-10-20-21-22/h4-10,12-13H,1-3,11H2. The number of halogens is 1. The fourth-order valence-electron chi connectivity index (χ4n) is 2.49. The number of aromatic nitrogens is 3. The number of non-ortho nitro benzene ring substituents is 1. The summed E-state index contributed by atoms with van der Waals surface area (Å²) in [6, 6.07) is 11.9. The Bertz CT molecular complexity index is 867. The molecular weight excluding hydrogens is 356 g/mol. The van der Waals surface area contributed by atoms with Crippen LogP contribution in [0, 0.1) is 10.1 Å². The number of nitrogens with zero attached hydrogens (tertiary/aromatic N) is 4. The molecule has 7 nitrogen and oxygen atoms in total. The molecule has 0 aliphatic rings. The molecule has 0 saturated heterocycles. The lowest BCUT2D eigenvalue weighted by Crippen LogP contribution is -1.99. The van der Waals surface area contributed by atoms with Gasteiger partial charge in [0.1, 0.15) is 11.5 Å². The average Bonchev–Trinajstić information content (AvgIpc) is 3.15. The van der Waals surface area contributed by atoms with Crippen LogP contribution >= 0.6 is 11.6 Å². The van der Waals surface area contributed by atoms with Gasteiger partial charge in [-0.25, -0.2) is 0 Å². The van der Waals surface area contributed by atoms with Crippen molar-refractivity contribution >= 4 is 17.3 Å². The van der Waals surface area contributed by atoms with Crippen LogP contribution in [0.3, 0.4) is 0 Å². The monoisotopic (exact) mass is 372 g/mol. The Balaban J connectivity index is 1.52. The van der Waals surface area contributed by atoms with E-state index in [0.717, 1.165) is 25.8 Å². The van der Waals surface area contributed by atoms with Gasteiger partial charge in [-0.15, -0.1) is 5.10 Å². The Kier molecular flexibility index (Phi) is 5.80. The summed E-state index contributed by atoms with van der Waals surface area (Å²) in [4.78, 5) is 10.2. The molecule has 0 unspecified atom stereocenters. The molecule has 3 rings (SSSR count). The van der Waals surface area contributed by atoms with Crippen molar-refractivity contribution in [3.05, 3.63) is 75.6 Å². The van der Waals surface area contributed by atoms with Gasteiger partial charge in [0.25, 0.3) is 5.69 Å². The number of nitro groups is 1. The Morgan fingerprint density at radius 2 is 1.96 bits per heavy atom. The van der Waals surface area contributed by atoms with Crippen LogP contribution in [0.25, 0.3) is 0 Å². The highest BCUT2D eigenvalue weighted by Gasteiger charge is 2.11. The molecule has 0 radical (unpaired) electrons. The van der Waals surface area contributed by atoms with Crippen LogP contribution in [-0.4, -0.2) is 19.9 Å². The fraction of sp³-hybridized carbons (Fsp3) is 0.222. The van der Waals surface area contributed by atoms with E-state index in [2.05, 4.69) is 10.3 Å². The minimum absolute atomic E-state index is 0.0661. The second-order valence-corrected chi connectivity index (χ2v) is 6.15. The van der Waals surface area contributed by atoms with Gasteiger partial charge in [-0.2, -0.15) is 0 Å². The van der Waals surface area contributed by atoms with Gasteiger partial charge in [-0.3, -0.25) is 14.8 Å². The highest BCUT2D eigenvalue weighted by molar-refractivity contribution is 6.32. The van der Waals surface area contributed by atoms with Gasteiger partial charge in [0.2, 0.25) is 0 Å². The molecule has 0 fully saturated rings. The third kappa shape index (κ3) is 4.80. The van der Waals surface area contributed by atoms with Crippen molar-refractivity contribution in [2.45, 2.75) is 25.8 Å². The zero-order chi connectivity index (χ0) is 18.4. The van der Waals surface area contributed by atoms with Crippen molar-refractivity contribution in [3.63, 3.8) is 0 Å². The average molecular weight is 373 g/mol. The highest BCUT2D eigenvalue weighted by Crippen LogP contribution is 2.32. The normalized spacial score (nSPS) is 10.7. The van der Waals surface area contributed by atoms with E-state index in [-0.39, 0.29) is 10.7 Å². The molecular formula is C18H17ClN4O3. The Labute approximate surface area is 155 Å². The third-order valence-corrected chi connectivity index (χ3v) is 4.15. The van der Waals surface area contributed by atoms with Gasteiger partial charge in [-0.05, 0) is 43.0 Å². The molecule has 0 aliphatic heterocycles. The van der Waals surface area contributed by atoms with Crippen LogP contribution in [0.2, 0.25) is 5.02 Å². The lowest BCUT2D eigenvalue weighted by atomic mass is 10.1. The molecule has 1 aromatic heterocycles. The van der Waals surface area contributed by atoms with Gasteiger partial charge in [0, 0.05) is 24.9 Å². The van der Waals surface area contributed by atoms with Crippen LogP contribution in [0.4, 0.5) is 5.69 Å². The molecule has 8 heteroatoms. The van der Waals surface area contributed by atoms with E-state index in [1.54, 1.807) is 6.20 Å². The number of hydrogen-bond acceptors (Lipinski definition) is 5. The minimum Gasteiger partial charge on any atom is -0.456 e. The lowest BCUT2D eigenvalue weighted by Gasteiger charge is -2.08. The predicted molar refractivity (Wildman–Crippen MR) is 97.6 cm³/mol. The number of aryl methyl sites for hydroxylation is 2. The fourth-order valence-corrected chi connectivity index (χ4v) is 2.71. The molecule has 26 heavy (non-hydrogen) atoms. The summed E-state index contributed by atoms with van der Waals surface area (Å²) in [5.74, 6) is 1.02. The zero-order valence-corrected chi connectivity index (χ0v) is 14.7. The number of rotatable bonds is 8. The van der Waals surface area contributed by atoms with Crippen molar-refractivity contribution in [2.24, 2.45) is 0 Å². The smallest absolute Gasteiger partial charge is 0.271 e. The first-order valence-electron chi connectivity index (χ1n) is 8.16. The first-order chi connectivity index (χ1) is 12.6. The van der Waals surface area contributed by atoms with Crippen LogP contribution < -0.4 is 4.74 Å². The maximum Gasteiger partial charge on any atom is 0.271 e. The third-order valence-electron chi connectivity index (χ3n) is 3.85. The molecule has 3 aromatic rings. The number of unbranched alkanes of at least 4 members (excludes halogenated alkanes) is 1. The summed E-state index contributed by atoms with van der Waals surface area (Å²) in [6.45, 7) is 0.861. The van der Waals surface area contributed by atoms with Crippen molar-refractivity contribution in [1.29, 1.82) is 0 Å². The topological polar surface area (TPSA) is 83.1 Å². The molecule has 0 saturated carbocycles. The number of benzene rings is 2. The van der Waals surface area contributed by atoms with E-state index in [9.17, 15) is 10.1 Å². The van der Waals surface area contributed by atoms with E-state index in [4.69, 9.17) is 16.3 Å². The first-order valence-corrected chi connectivity index (χ1v) is 8.54. The predicted octanol–water partition coefficient (Wildman–Crippen LogP) is 4.65. The maximum absolute atomic E-state index is 10.7. The minimum atomic E-state index is -0.493. The van der Waals surface area contributed by atoms with E-state index >= 15 is 0 Å². The Morgan fingerprint density at radius 3 is 2.62 bits per heavy atom. The van der Waals surface area contributed by atoms with E-state index in [1.807, 2.05) is 35.1 Å². The summed E-state index contributed by atoms with van der Waals surface area (Å²) in [5.41, 5.74) is 1.15. The molecule has 0 amide bonds. The molecule has 0 spiro atoms. The van der Waals surface area contributed by atoms with Crippen LogP contribution in [0.15, 0.2) is 54.9 Å². The summed E-state index contributed by atoms with van der Waals surface area (Å²) in [7, 11) is 0. The quantitative estimate of drug-likeness (QED) is 0.326. The largest absolute Gasteiger partial charge is 0.456 e. The van der Waals surface area contributed by atoms with Crippen LogP contribution in [0.5, 0.6) is 11.5 Å². The lowest BCUT2D eigenvalue weighted by molar-refractivity contribution is -0.384. The Morgan fingerprint density at radius 1 is 1.15 bits per heavy atom. The van der Waals surface area contributed by atoms with Gasteiger partial charge in [0.15, 0.2) is 0 Å². The van der Waals surface area contributed by atoms with E-state index in [0.29, 0.717) is 11.5 Å². The molecule has 134 valence electrons. The molecule has 1 heterocycles. The summed E-state index contributed by atoms with van der Waals surface area (Å²) >= 11 is 6.04. The van der Waals surface area contributed by atoms with Gasteiger partial charge in [-0.1, -0.05) is 28.9 Å². The number of nitro benzene ring substituents is 1. The number of ether oxygens (including phenoxy) is 1. The summed E-state index contributed by atoms with van der Waals surface area (Å²) in [6.07, 6.45) is 6.58. The molecule has 0 atom stereocenters. The van der Waals surface area contributed by atoms with Gasteiger partial charge >= 0.3 is 0 Å². The van der Waals surface area contributed by atoms with Gasteiger partial charge in [0.05, 0.1) is 16.1 Å². The van der Waals surface area contributed by atoms with Crippen molar-refractivity contribution in [1.82, 2.24) is 15.0 Å². The van der Waals surface area contributed by atoms with Gasteiger partial charge < -0.3 is 4.74 Å². The number of hydrogen-bond donors (Lipinski definition) is 0. The molecule has 0 bridgehead atoms. The zero-order valence-electron chi connectivity index (χ0n) is 13.9. The van der Waals surface area contributed by atoms with Crippen molar-refractivity contribution in [2.75, 3.05) is 0 Å². The molecule has 0 N–H and O–H groups in total. The van der Waals surface area contributed by atoms with E-state index in [1.165, 1.54) is 23.8 Å². The second-order valence-electron chi connectivity index (χ2n) is 5.74. The SMILES string of the molecule is O=[N+]([O-])c1ccc(Oc2ccc(CCCCn3ccnn3)cc2)c(Cl)c1. The Hall–Kier alpha value is -2.93.